The van der Waals surface area contributed by atoms with Crippen LogP contribution in [-0.2, 0) is 14.3 Å². The Morgan fingerprint density at radius 3 is 3.03 bits per heavy atom. The van der Waals surface area contributed by atoms with Crippen molar-refractivity contribution in [2.75, 3.05) is 38.2 Å². The molecule has 0 aliphatic carbocycles. The molecule has 2 aromatic heterocycles. The standard InChI is InChI=1S/C23H28N4O4S2/c1-3-30-11-6-10-27-22(29)18(33-23(27)32)13-17-19(24-14-16-8-5-12-31-16)25-20-15(2)7-4-9-26(20)21(17)28/h4,7,9,13,16,24H,3,5-6,8,10-12,14H2,1-2H3/b18-13-/t16-/m0/s1. The number of ether oxygens (including phenoxy) is 2. The molecule has 0 unspecified atom stereocenters. The summed E-state index contributed by atoms with van der Waals surface area (Å²) in [7, 11) is 0. The molecule has 176 valence electrons. The number of anilines is 1. The van der Waals surface area contributed by atoms with Crippen molar-refractivity contribution in [3.05, 3.63) is 44.7 Å². The number of hydrogen-bond donors (Lipinski definition) is 1. The Labute approximate surface area is 202 Å². The van der Waals surface area contributed by atoms with E-state index in [1.807, 2.05) is 26.0 Å². The van der Waals surface area contributed by atoms with E-state index in [0.29, 0.717) is 59.0 Å². The van der Waals surface area contributed by atoms with Crippen LogP contribution in [-0.4, -0.2) is 63.5 Å². The molecule has 10 heteroatoms. The number of pyridine rings is 1. The van der Waals surface area contributed by atoms with E-state index in [-0.39, 0.29) is 17.6 Å². The average Bonchev–Trinajstić information content (AvgIpc) is 3.41. The lowest BCUT2D eigenvalue weighted by molar-refractivity contribution is -0.122. The Kier molecular flexibility index (Phi) is 7.79. The maximum absolute atomic E-state index is 13.4. The van der Waals surface area contributed by atoms with Crippen molar-refractivity contribution in [1.29, 1.82) is 0 Å². The van der Waals surface area contributed by atoms with Crippen molar-refractivity contribution in [3.8, 4) is 0 Å². The minimum Gasteiger partial charge on any atom is -0.382 e. The Morgan fingerprint density at radius 1 is 1.42 bits per heavy atom. The minimum atomic E-state index is -0.236. The molecular weight excluding hydrogens is 460 g/mol. The average molecular weight is 489 g/mol. The number of thiocarbonyl (C=S) groups is 1. The molecule has 2 aromatic rings. The summed E-state index contributed by atoms with van der Waals surface area (Å²) in [5.41, 5.74) is 1.57. The summed E-state index contributed by atoms with van der Waals surface area (Å²) in [6, 6.07) is 3.73. The van der Waals surface area contributed by atoms with Crippen molar-refractivity contribution in [2.45, 2.75) is 39.2 Å². The van der Waals surface area contributed by atoms with Crippen molar-refractivity contribution in [2.24, 2.45) is 0 Å². The van der Waals surface area contributed by atoms with Gasteiger partial charge < -0.3 is 14.8 Å². The van der Waals surface area contributed by atoms with E-state index in [9.17, 15) is 9.59 Å². The van der Waals surface area contributed by atoms with Gasteiger partial charge >= 0.3 is 0 Å². The monoisotopic (exact) mass is 488 g/mol. The van der Waals surface area contributed by atoms with Gasteiger partial charge in [-0.3, -0.25) is 18.9 Å². The van der Waals surface area contributed by atoms with Gasteiger partial charge in [0.25, 0.3) is 11.5 Å². The second kappa shape index (κ2) is 10.8. The Morgan fingerprint density at radius 2 is 2.27 bits per heavy atom. The molecule has 33 heavy (non-hydrogen) atoms. The van der Waals surface area contributed by atoms with E-state index in [2.05, 4.69) is 5.32 Å². The van der Waals surface area contributed by atoms with Gasteiger partial charge in [0.15, 0.2) is 0 Å². The van der Waals surface area contributed by atoms with Gasteiger partial charge in [0.05, 0.1) is 16.6 Å². The Balaban J connectivity index is 1.66. The van der Waals surface area contributed by atoms with Gasteiger partial charge in [-0.2, -0.15) is 0 Å². The zero-order chi connectivity index (χ0) is 23.4. The van der Waals surface area contributed by atoms with E-state index in [4.69, 9.17) is 26.7 Å². The molecule has 2 saturated heterocycles. The quantitative estimate of drug-likeness (QED) is 0.327. The highest BCUT2D eigenvalue weighted by Gasteiger charge is 2.32. The zero-order valence-corrected chi connectivity index (χ0v) is 20.5. The maximum atomic E-state index is 13.4. The van der Waals surface area contributed by atoms with E-state index in [1.54, 1.807) is 17.2 Å². The number of thioether (sulfide) groups is 1. The highest BCUT2D eigenvalue weighted by molar-refractivity contribution is 8.26. The Hall–Kier alpha value is -2.27. The summed E-state index contributed by atoms with van der Waals surface area (Å²) in [6.07, 6.45) is 6.08. The molecule has 0 bridgehead atoms. The summed E-state index contributed by atoms with van der Waals surface area (Å²) in [6.45, 7) is 6.84. The van der Waals surface area contributed by atoms with E-state index < -0.39 is 0 Å². The highest BCUT2D eigenvalue weighted by atomic mass is 32.2. The predicted octanol–water partition coefficient (Wildman–Crippen LogP) is 3.22. The number of hydrogen-bond acceptors (Lipinski definition) is 8. The lowest BCUT2D eigenvalue weighted by Gasteiger charge is -2.15. The van der Waals surface area contributed by atoms with Gasteiger partial charge in [-0.25, -0.2) is 4.98 Å². The van der Waals surface area contributed by atoms with Crippen LogP contribution in [0.1, 0.15) is 37.3 Å². The minimum absolute atomic E-state index is 0.0820. The van der Waals surface area contributed by atoms with Crippen LogP contribution < -0.4 is 10.9 Å². The number of nitrogens with zero attached hydrogens (tertiary/aromatic N) is 3. The summed E-state index contributed by atoms with van der Waals surface area (Å²) >= 11 is 6.64. The second-order valence-electron chi connectivity index (χ2n) is 7.96. The third-order valence-electron chi connectivity index (χ3n) is 5.63. The summed E-state index contributed by atoms with van der Waals surface area (Å²) in [5.74, 6) is 0.256. The number of carbonyl (C=O) groups excluding carboxylic acids is 1. The number of aryl methyl sites for hydroxylation is 1. The van der Waals surface area contributed by atoms with Crippen LogP contribution in [0.15, 0.2) is 28.0 Å². The molecule has 4 heterocycles. The number of rotatable bonds is 9. The van der Waals surface area contributed by atoms with Crippen molar-refractivity contribution >= 4 is 51.7 Å². The van der Waals surface area contributed by atoms with Gasteiger partial charge in [-0.1, -0.05) is 30.0 Å². The summed E-state index contributed by atoms with van der Waals surface area (Å²) < 4.78 is 13.1. The normalized spacial score (nSPS) is 19.9. The van der Waals surface area contributed by atoms with Crippen LogP contribution in [0.2, 0.25) is 0 Å². The molecule has 0 saturated carbocycles. The molecule has 8 nitrogen and oxygen atoms in total. The van der Waals surface area contributed by atoms with Crippen LogP contribution >= 0.6 is 24.0 Å². The molecule has 2 aliphatic rings. The van der Waals surface area contributed by atoms with Crippen molar-refractivity contribution < 1.29 is 14.3 Å². The van der Waals surface area contributed by atoms with Crippen LogP contribution in [0, 0.1) is 6.92 Å². The first-order valence-electron chi connectivity index (χ1n) is 11.2. The maximum Gasteiger partial charge on any atom is 0.267 e. The van der Waals surface area contributed by atoms with Gasteiger partial charge in [0.2, 0.25) is 0 Å². The largest absolute Gasteiger partial charge is 0.382 e. The number of fused-ring (bicyclic) bond motifs is 1. The van der Waals surface area contributed by atoms with E-state index in [0.717, 1.165) is 25.0 Å². The molecule has 2 fully saturated rings. The lowest BCUT2D eigenvalue weighted by atomic mass is 10.2. The molecule has 0 aromatic carbocycles. The summed E-state index contributed by atoms with van der Waals surface area (Å²) in [4.78, 5) is 33.2. The number of amides is 1. The number of nitrogens with one attached hydrogen (secondary N) is 1. The molecule has 0 radical (unpaired) electrons. The first kappa shape index (κ1) is 23.9. The first-order valence-corrected chi connectivity index (χ1v) is 12.4. The summed E-state index contributed by atoms with van der Waals surface area (Å²) in [5, 5.41) is 3.30. The first-order chi connectivity index (χ1) is 16.0. The zero-order valence-electron chi connectivity index (χ0n) is 18.8. The number of aromatic nitrogens is 2. The van der Waals surface area contributed by atoms with Crippen LogP contribution in [0.25, 0.3) is 11.7 Å². The fourth-order valence-electron chi connectivity index (χ4n) is 3.89. The van der Waals surface area contributed by atoms with Crippen LogP contribution in [0.4, 0.5) is 5.82 Å². The molecule has 2 aliphatic heterocycles. The SMILES string of the molecule is CCOCCCN1C(=O)/C(=C/c2c(NC[C@@H]3CCCO3)nc3c(C)cccn3c2=O)SC1=S. The van der Waals surface area contributed by atoms with Crippen LogP contribution in [0.5, 0.6) is 0 Å². The molecule has 1 amide bonds. The molecular formula is C23H28N4O4S2. The lowest BCUT2D eigenvalue weighted by Crippen LogP contribution is -2.30. The van der Waals surface area contributed by atoms with Gasteiger partial charge in [-0.15, -0.1) is 0 Å². The Bertz CT molecular complexity index is 1140. The van der Waals surface area contributed by atoms with Crippen LogP contribution in [0.3, 0.4) is 0 Å². The smallest absolute Gasteiger partial charge is 0.267 e. The third-order valence-corrected chi connectivity index (χ3v) is 7.01. The highest BCUT2D eigenvalue weighted by Crippen LogP contribution is 2.33. The van der Waals surface area contributed by atoms with Gasteiger partial charge in [0.1, 0.15) is 15.8 Å². The van der Waals surface area contributed by atoms with Crippen molar-refractivity contribution in [3.63, 3.8) is 0 Å². The molecule has 0 spiro atoms. The van der Waals surface area contributed by atoms with Crippen molar-refractivity contribution in [1.82, 2.24) is 14.3 Å². The second-order valence-corrected chi connectivity index (χ2v) is 9.64. The third kappa shape index (κ3) is 5.29. The number of carbonyl (C=O) groups is 1. The van der Waals surface area contributed by atoms with E-state index in [1.165, 1.54) is 16.2 Å². The van der Waals surface area contributed by atoms with Gasteiger partial charge in [0, 0.05) is 39.1 Å². The fraction of sp³-hybridized carbons (Fsp3) is 0.478. The van der Waals surface area contributed by atoms with E-state index >= 15 is 0 Å². The topological polar surface area (TPSA) is 85.2 Å². The fourth-order valence-corrected chi connectivity index (χ4v) is 5.18. The molecule has 1 N–H and O–H groups in total. The van der Waals surface area contributed by atoms with Gasteiger partial charge in [-0.05, 0) is 50.8 Å². The molecule has 1 atom stereocenters. The molecule has 4 rings (SSSR count). The predicted molar refractivity (Wildman–Crippen MR) is 135 cm³/mol.